The predicted octanol–water partition coefficient (Wildman–Crippen LogP) is 4.24. The van der Waals surface area contributed by atoms with Gasteiger partial charge in [-0.1, -0.05) is 32.6 Å². The summed E-state index contributed by atoms with van der Waals surface area (Å²) in [6.45, 7) is 2.17. The molecule has 0 radical (unpaired) electrons. The summed E-state index contributed by atoms with van der Waals surface area (Å²) in [5.41, 5.74) is -0.313. The fourth-order valence-electron chi connectivity index (χ4n) is 3.10. The number of allylic oxidation sites excluding steroid dienone is 1. The van der Waals surface area contributed by atoms with Crippen LogP contribution in [0.5, 0.6) is 17.2 Å². The molecule has 1 aliphatic heterocycles. The lowest BCUT2D eigenvalue weighted by Gasteiger charge is -2.24. The minimum atomic E-state index is -0.821. The Kier molecular flexibility index (Phi) is 6.62. The third kappa shape index (κ3) is 4.03. The molecule has 2 rings (SSSR count). The molecule has 5 nitrogen and oxygen atoms in total. The van der Waals surface area contributed by atoms with E-state index in [0.717, 1.165) is 19.3 Å². The highest BCUT2D eigenvalue weighted by Gasteiger charge is 2.37. The summed E-state index contributed by atoms with van der Waals surface area (Å²) in [6, 6.07) is 3.39. The zero-order valence-corrected chi connectivity index (χ0v) is 15.5. The van der Waals surface area contributed by atoms with Gasteiger partial charge in [-0.2, -0.15) is 0 Å². The molecule has 0 aliphatic carbocycles. The molecule has 5 heteroatoms. The highest BCUT2D eigenvalue weighted by atomic mass is 16.5. The van der Waals surface area contributed by atoms with Crippen molar-refractivity contribution in [2.45, 2.75) is 44.6 Å². The normalized spacial score (nSPS) is 18.4. The molecule has 1 heterocycles. The number of Topliss-reactive ketones (excluding diaryl/α,β-unsaturated/α-hetero) is 1. The standard InChI is InChI=1S/C20H27NO4/c1-5-6-7-8-10-20(11-9-12-21-20)19(22)15-13-16(23-2)18(25-4)17(14-15)24-3/h9,11-14H,5-8,10H2,1-4H3. The maximum Gasteiger partial charge on any atom is 0.203 e. The molecule has 0 saturated carbocycles. The van der Waals surface area contributed by atoms with E-state index < -0.39 is 5.54 Å². The van der Waals surface area contributed by atoms with Crippen LogP contribution in [0.2, 0.25) is 0 Å². The molecule has 0 N–H and O–H groups in total. The number of nitrogens with zero attached hydrogens (tertiary/aromatic N) is 1. The van der Waals surface area contributed by atoms with Crippen LogP contribution >= 0.6 is 0 Å². The minimum absolute atomic E-state index is 0.0479. The van der Waals surface area contributed by atoms with Crippen LogP contribution in [-0.2, 0) is 0 Å². The third-order valence-corrected chi connectivity index (χ3v) is 4.49. The number of rotatable bonds is 10. The van der Waals surface area contributed by atoms with Gasteiger partial charge in [0.15, 0.2) is 17.3 Å². The number of ether oxygens (including phenoxy) is 3. The second kappa shape index (κ2) is 8.70. The van der Waals surface area contributed by atoms with Gasteiger partial charge in [-0.25, -0.2) is 0 Å². The van der Waals surface area contributed by atoms with E-state index in [1.165, 1.54) is 6.42 Å². The van der Waals surface area contributed by atoms with Crippen LogP contribution < -0.4 is 14.2 Å². The van der Waals surface area contributed by atoms with Gasteiger partial charge < -0.3 is 14.2 Å². The van der Waals surface area contributed by atoms with Gasteiger partial charge >= 0.3 is 0 Å². The Morgan fingerprint density at radius 2 is 1.72 bits per heavy atom. The average Bonchev–Trinajstić information content (AvgIpc) is 3.13. The molecule has 25 heavy (non-hydrogen) atoms. The number of hydrogen-bond acceptors (Lipinski definition) is 5. The van der Waals surface area contributed by atoms with E-state index in [4.69, 9.17) is 14.2 Å². The molecule has 0 spiro atoms. The van der Waals surface area contributed by atoms with Crippen molar-refractivity contribution in [2.24, 2.45) is 4.99 Å². The van der Waals surface area contributed by atoms with Gasteiger partial charge in [0.05, 0.1) is 21.3 Å². The van der Waals surface area contributed by atoms with E-state index in [9.17, 15) is 4.79 Å². The number of unbranched alkanes of at least 4 members (excludes halogenated alkanes) is 3. The van der Waals surface area contributed by atoms with Gasteiger partial charge in [0.2, 0.25) is 5.75 Å². The predicted molar refractivity (Wildman–Crippen MR) is 99.6 cm³/mol. The molecule has 0 fully saturated rings. The highest BCUT2D eigenvalue weighted by molar-refractivity contribution is 6.08. The first-order chi connectivity index (χ1) is 12.1. The zero-order valence-electron chi connectivity index (χ0n) is 15.5. The number of carbonyl (C=O) groups is 1. The minimum Gasteiger partial charge on any atom is -0.493 e. The van der Waals surface area contributed by atoms with Gasteiger partial charge in [0.25, 0.3) is 0 Å². The lowest BCUT2D eigenvalue weighted by atomic mass is 9.85. The van der Waals surface area contributed by atoms with Gasteiger partial charge in [-0.15, -0.1) is 0 Å². The Bertz CT molecular complexity index is 627. The maximum absolute atomic E-state index is 13.3. The Morgan fingerprint density at radius 1 is 1.04 bits per heavy atom. The van der Waals surface area contributed by atoms with E-state index in [1.807, 2.05) is 12.2 Å². The van der Waals surface area contributed by atoms with Crippen molar-refractivity contribution >= 4 is 12.0 Å². The van der Waals surface area contributed by atoms with Gasteiger partial charge in [0.1, 0.15) is 5.54 Å². The van der Waals surface area contributed by atoms with E-state index in [0.29, 0.717) is 29.2 Å². The second-order valence-electron chi connectivity index (χ2n) is 6.12. The summed E-state index contributed by atoms with van der Waals surface area (Å²) >= 11 is 0. The monoisotopic (exact) mass is 345 g/mol. The average molecular weight is 345 g/mol. The molecule has 1 aliphatic rings. The number of hydrogen-bond donors (Lipinski definition) is 0. The SMILES string of the molecule is CCCCCCC1(C(=O)c2cc(OC)c(OC)c(OC)c2)C=CC=N1. The molecule has 0 aromatic heterocycles. The molecular formula is C20H27NO4. The van der Waals surface area contributed by atoms with Crippen LogP contribution in [0.25, 0.3) is 0 Å². The lowest BCUT2D eigenvalue weighted by molar-refractivity contribution is 0.0915. The van der Waals surface area contributed by atoms with Crippen molar-refractivity contribution < 1.29 is 19.0 Å². The molecular weight excluding hydrogens is 318 g/mol. The van der Waals surface area contributed by atoms with E-state index in [2.05, 4.69) is 11.9 Å². The van der Waals surface area contributed by atoms with Crippen LogP contribution in [0.3, 0.4) is 0 Å². The van der Waals surface area contributed by atoms with Crippen molar-refractivity contribution in [3.8, 4) is 17.2 Å². The quantitative estimate of drug-likeness (QED) is 0.470. The Morgan fingerprint density at radius 3 is 2.20 bits per heavy atom. The third-order valence-electron chi connectivity index (χ3n) is 4.49. The molecule has 0 bridgehead atoms. The summed E-state index contributed by atoms with van der Waals surface area (Å²) in [5.74, 6) is 1.37. The first-order valence-corrected chi connectivity index (χ1v) is 8.69. The Labute approximate surface area is 149 Å². The summed E-state index contributed by atoms with van der Waals surface area (Å²) < 4.78 is 16.1. The number of methoxy groups -OCH3 is 3. The lowest BCUT2D eigenvalue weighted by Crippen LogP contribution is -2.33. The van der Waals surface area contributed by atoms with Crippen LogP contribution in [0.15, 0.2) is 29.3 Å². The number of aliphatic imine (C=N–C) groups is 1. The number of ketones is 1. The fraction of sp³-hybridized carbons (Fsp3) is 0.500. The van der Waals surface area contributed by atoms with Crippen LogP contribution in [0.1, 0.15) is 49.4 Å². The smallest absolute Gasteiger partial charge is 0.203 e. The molecule has 1 unspecified atom stereocenters. The van der Waals surface area contributed by atoms with Crippen LogP contribution in [0.4, 0.5) is 0 Å². The van der Waals surface area contributed by atoms with Crippen molar-refractivity contribution in [1.82, 2.24) is 0 Å². The molecule has 0 amide bonds. The molecule has 1 aromatic rings. The van der Waals surface area contributed by atoms with Crippen molar-refractivity contribution in [3.63, 3.8) is 0 Å². The summed E-state index contributed by atoms with van der Waals surface area (Å²) in [7, 11) is 4.63. The van der Waals surface area contributed by atoms with Crippen molar-refractivity contribution in [2.75, 3.05) is 21.3 Å². The fourth-order valence-corrected chi connectivity index (χ4v) is 3.10. The van der Waals surface area contributed by atoms with Crippen LogP contribution in [-0.4, -0.2) is 38.9 Å². The van der Waals surface area contributed by atoms with E-state index in [-0.39, 0.29) is 5.78 Å². The van der Waals surface area contributed by atoms with Gasteiger partial charge in [-0.3, -0.25) is 9.79 Å². The summed E-state index contributed by atoms with van der Waals surface area (Å²) in [6.07, 6.45) is 10.5. The van der Waals surface area contributed by atoms with E-state index in [1.54, 1.807) is 39.7 Å². The van der Waals surface area contributed by atoms with Crippen molar-refractivity contribution in [3.05, 3.63) is 29.8 Å². The number of benzene rings is 1. The summed E-state index contributed by atoms with van der Waals surface area (Å²) in [4.78, 5) is 17.7. The molecule has 1 atom stereocenters. The van der Waals surface area contributed by atoms with Gasteiger partial charge in [-0.05, 0) is 30.7 Å². The first kappa shape index (κ1) is 19.0. The Balaban J connectivity index is 2.33. The molecule has 136 valence electrons. The summed E-state index contributed by atoms with van der Waals surface area (Å²) in [5, 5.41) is 0. The highest BCUT2D eigenvalue weighted by Crippen LogP contribution is 2.40. The number of carbonyl (C=O) groups excluding carboxylic acids is 1. The maximum atomic E-state index is 13.3. The molecule has 1 aromatic carbocycles. The van der Waals surface area contributed by atoms with Gasteiger partial charge in [0, 0.05) is 11.8 Å². The van der Waals surface area contributed by atoms with Crippen LogP contribution in [0, 0.1) is 0 Å². The largest absolute Gasteiger partial charge is 0.493 e. The van der Waals surface area contributed by atoms with Crippen molar-refractivity contribution in [1.29, 1.82) is 0 Å². The second-order valence-corrected chi connectivity index (χ2v) is 6.12. The Hall–Kier alpha value is -2.30. The first-order valence-electron chi connectivity index (χ1n) is 8.69. The topological polar surface area (TPSA) is 57.1 Å². The van der Waals surface area contributed by atoms with E-state index >= 15 is 0 Å². The molecule has 0 saturated heterocycles. The zero-order chi connectivity index (χ0) is 18.3.